The Labute approximate surface area is 177 Å². The standard InChI is InChI=1S/C21H17BrCl2N2O/c22-20-11-17(13-26-25-12-15-1-6-18(23)7-2-15)5-10-21(20)27-14-16-3-8-19(24)9-4-16/h1-11,13,25H,12,14H2/b26-13-. The van der Waals surface area contributed by atoms with Gasteiger partial charge in [0.1, 0.15) is 12.4 Å². The second-order valence-electron chi connectivity index (χ2n) is 5.82. The third-order valence-corrected chi connectivity index (χ3v) is 4.89. The largest absolute Gasteiger partial charge is 0.488 e. The van der Waals surface area contributed by atoms with Gasteiger partial charge in [-0.25, -0.2) is 0 Å². The molecule has 3 aromatic carbocycles. The topological polar surface area (TPSA) is 33.6 Å². The quantitative estimate of drug-likeness (QED) is 0.322. The summed E-state index contributed by atoms with van der Waals surface area (Å²) in [4.78, 5) is 0. The van der Waals surface area contributed by atoms with Gasteiger partial charge >= 0.3 is 0 Å². The molecule has 3 aromatic rings. The van der Waals surface area contributed by atoms with E-state index in [1.165, 1.54) is 0 Å². The Balaban J connectivity index is 1.52. The van der Waals surface area contributed by atoms with Gasteiger partial charge in [0.25, 0.3) is 0 Å². The van der Waals surface area contributed by atoms with Crippen molar-refractivity contribution in [3.63, 3.8) is 0 Å². The average Bonchev–Trinajstić information content (AvgIpc) is 2.67. The van der Waals surface area contributed by atoms with Gasteiger partial charge in [0.2, 0.25) is 0 Å². The summed E-state index contributed by atoms with van der Waals surface area (Å²) < 4.78 is 6.72. The van der Waals surface area contributed by atoms with Gasteiger partial charge in [0, 0.05) is 10.0 Å². The molecule has 0 spiro atoms. The van der Waals surface area contributed by atoms with Crippen LogP contribution in [-0.2, 0) is 13.2 Å². The third kappa shape index (κ3) is 6.28. The van der Waals surface area contributed by atoms with E-state index in [2.05, 4.69) is 26.5 Å². The molecule has 3 nitrogen and oxygen atoms in total. The van der Waals surface area contributed by atoms with E-state index >= 15 is 0 Å². The molecule has 0 amide bonds. The Morgan fingerprint density at radius 2 is 1.52 bits per heavy atom. The number of benzene rings is 3. The first-order chi connectivity index (χ1) is 13.1. The second kappa shape index (κ2) is 9.79. The number of hydrogen-bond donors (Lipinski definition) is 1. The molecule has 1 N–H and O–H groups in total. The van der Waals surface area contributed by atoms with Crippen molar-refractivity contribution in [3.05, 3.63) is 97.9 Å². The van der Waals surface area contributed by atoms with Crippen LogP contribution in [0.15, 0.2) is 76.3 Å². The Morgan fingerprint density at radius 3 is 2.15 bits per heavy atom. The number of hydrazone groups is 1. The lowest BCUT2D eigenvalue weighted by Gasteiger charge is -2.09. The Morgan fingerprint density at radius 1 is 0.889 bits per heavy atom. The fraction of sp³-hybridized carbons (Fsp3) is 0.0952. The van der Waals surface area contributed by atoms with Gasteiger partial charge in [-0.05, 0) is 75.1 Å². The van der Waals surface area contributed by atoms with Gasteiger partial charge in [0.05, 0.1) is 17.2 Å². The molecule has 0 heterocycles. The molecule has 0 aliphatic rings. The lowest BCUT2D eigenvalue weighted by Crippen LogP contribution is -2.05. The Kier molecular flexibility index (Phi) is 7.16. The van der Waals surface area contributed by atoms with Crippen molar-refractivity contribution in [2.24, 2.45) is 5.10 Å². The van der Waals surface area contributed by atoms with E-state index in [1.807, 2.05) is 66.7 Å². The first-order valence-corrected chi connectivity index (χ1v) is 9.82. The average molecular weight is 464 g/mol. The van der Waals surface area contributed by atoms with Crippen molar-refractivity contribution in [2.45, 2.75) is 13.2 Å². The minimum atomic E-state index is 0.478. The summed E-state index contributed by atoms with van der Waals surface area (Å²) in [7, 11) is 0. The second-order valence-corrected chi connectivity index (χ2v) is 7.55. The molecular weight excluding hydrogens is 447 g/mol. The summed E-state index contributed by atoms with van der Waals surface area (Å²) in [5.41, 5.74) is 6.16. The van der Waals surface area contributed by atoms with Crippen molar-refractivity contribution < 1.29 is 4.74 Å². The lowest BCUT2D eigenvalue weighted by molar-refractivity contribution is 0.304. The van der Waals surface area contributed by atoms with E-state index in [0.29, 0.717) is 18.2 Å². The van der Waals surface area contributed by atoms with Crippen molar-refractivity contribution in [1.29, 1.82) is 0 Å². The van der Waals surface area contributed by atoms with Crippen LogP contribution in [0.5, 0.6) is 5.75 Å². The summed E-state index contributed by atoms with van der Waals surface area (Å²) in [6, 6.07) is 21.1. The highest BCUT2D eigenvalue weighted by Gasteiger charge is 2.03. The highest BCUT2D eigenvalue weighted by Crippen LogP contribution is 2.26. The maximum Gasteiger partial charge on any atom is 0.134 e. The maximum atomic E-state index is 5.89. The fourth-order valence-electron chi connectivity index (χ4n) is 2.32. The van der Waals surface area contributed by atoms with Crippen LogP contribution in [0.2, 0.25) is 10.0 Å². The predicted octanol–water partition coefficient (Wildman–Crippen LogP) is 6.46. The minimum absolute atomic E-state index is 0.478. The van der Waals surface area contributed by atoms with Gasteiger partial charge in [-0.1, -0.05) is 47.5 Å². The van der Waals surface area contributed by atoms with Gasteiger partial charge in [-0.2, -0.15) is 5.10 Å². The molecule has 0 radical (unpaired) electrons. The van der Waals surface area contributed by atoms with E-state index in [-0.39, 0.29) is 0 Å². The molecule has 6 heteroatoms. The number of nitrogens with one attached hydrogen (secondary N) is 1. The van der Waals surface area contributed by atoms with Crippen LogP contribution < -0.4 is 10.2 Å². The maximum absolute atomic E-state index is 5.89. The number of halogens is 3. The molecule has 0 fully saturated rings. The molecule has 0 atom stereocenters. The van der Waals surface area contributed by atoms with E-state index in [1.54, 1.807) is 6.21 Å². The van der Waals surface area contributed by atoms with Crippen LogP contribution in [0.1, 0.15) is 16.7 Å². The van der Waals surface area contributed by atoms with E-state index in [0.717, 1.165) is 31.9 Å². The zero-order valence-corrected chi connectivity index (χ0v) is 17.4. The molecule has 27 heavy (non-hydrogen) atoms. The van der Waals surface area contributed by atoms with Gasteiger partial charge in [-0.3, -0.25) is 0 Å². The summed E-state index contributed by atoms with van der Waals surface area (Å²) in [6.45, 7) is 1.11. The molecule has 0 aliphatic carbocycles. The lowest BCUT2D eigenvalue weighted by atomic mass is 10.2. The first-order valence-electron chi connectivity index (χ1n) is 8.27. The zero-order valence-electron chi connectivity index (χ0n) is 14.3. The minimum Gasteiger partial charge on any atom is -0.488 e. The van der Waals surface area contributed by atoms with Gasteiger partial charge in [-0.15, -0.1) is 0 Å². The SMILES string of the molecule is Clc1ccc(CN/N=C\c2ccc(OCc3ccc(Cl)cc3)c(Br)c2)cc1. The van der Waals surface area contributed by atoms with Crippen molar-refractivity contribution in [2.75, 3.05) is 0 Å². The monoisotopic (exact) mass is 462 g/mol. The number of ether oxygens (including phenoxy) is 1. The highest BCUT2D eigenvalue weighted by atomic mass is 79.9. The fourth-order valence-corrected chi connectivity index (χ4v) is 3.08. The summed E-state index contributed by atoms with van der Waals surface area (Å²) in [5, 5.41) is 5.69. The van der Waals surface area contributed by atoms with Crippen LogP contribution in [0.25, 0.3) is 0 Å². The summed E-state index contributed by atoms with van der Waals surface area (Å²) in [6.07, 6.45) is 1.77. The van der Waals surface area contributed by atoms with E-state index < -0.39 is 0 Å². The van der Waals surface area contributed by atoms with Crippen LogP contribution in [0.4, 0.5) is 0 Å². The van der Waals surface area contributed by atoms with Gasteiger partial charge < -0.3 is 10.2 Å². The number of nitrogens with zero attached hydrogens (tertiary/aromatic N) is 1. The molecule has 0 saturated heterocycles. The Hall–Kier alpha value is -2.01. The molecule has 138 valence electrons. The normalized spacial score (nSPS) is 10.9. The smallest absolute Gasteiger partial charge is 0.134 e. The number of rotatable bonds is 7. The zero-order chi connectivity index (χ0) is 19.1. The Bertz CT molecular complexity index is 912. The number of hydrogen-bond acceptors (Lipinski definition) is 3. The van der Waals surface area contributed by atoms with Crippen LogP contribution in [0.3, 0.4) is 0 Å². The molecule has 0 unspecified atom stereocenters. The van der Waals surface area contributed by atoms with Crippen molar-refractivity contribution in [1.82, 2.24) is 5.43 Å². The summed E-state index contributed by atoms with van der Waals surface area (Å²) >= 11 is 15.3. The highest BCUT2D eigenvalue weighted by molar-refractivity contribution is 9.10. The third-order valence-electron chi connectivity index (χ3n) is 3.76. The van der Waals surface area contributed by atoms with Gasteiger partial charge in [0.15, 0.2) is 0 Å². The van der Waals surface area contributed by atoms with E-state index in [9.17, 15) is 0 Å². The van der Waals surface area contributed by atoms with Crippen LogP contribution >= 0.6 is 39.1 Å². The first kappa shape index (κ1) is 19.7. The summed E-state index contributed by atoms with van der Waals surface area (Å²) in [5.74, 6) is 0.774. The van der Waals surface area contributed by atoms with E-state index in [4.69, 9.17) is 27.9 Å². The van der Waals surface area contributed by atoms with Crippen LogP contribution in [0, 0.1) is 0 Å². The molecular formula is C21H17BrCl2N2O. The predicted molar refractivity (Wildman–Crippen MR) is 116 cm³/mol. The molecule has 0 aromatic heterocycles. The molecule has 3 rings (SSSR count). The molecule has 0 saturated carbocycles. The van der Waals surface area contributed by atoms with Crippen LogP contribution in [-0.4, -0.2) is 6.21 Å². The van der Waals surface area contributed by atoms with Crippen molar-refractivity contribution >= 4 is 45.3 Å². The van der Waals surface area contributed by atoms with Crippen molar-refractivity contribution in [3.8, 4) is 5.75 Å². The molecule has 0 aliphatic heterocycles. The molecule has 0 bridgehead atoms.